The van der Waals surface area contributed by atoms with Gasteiger partial charge < -0.3 is 13.9 Å². The van der Waals surface area contributed by atoms with Gasteiger partial charge in [-0.1, -0.05) is 12.2 Å². The molecule has 0 amide bonds. The first-order chi connectivity index (χ1) is 5.12. The first-order valence-electron chi connectivity index (χ1n) is 2.94. The Morgan fingerprint density at radius 1 is 1.27 bits per heavy atom. The maximum absolute atomic E-state index is 10.6. The molecule has 0 atom stereocenters. The fraction of sp³-hybridized carbons (Fsp3) is 0.333. The van der Waals surface area contributed by atoms with Crippen molar-refractivity contribution >= 4 is 7.82 Å². The fourth-order valence-electron chi connectivity index (χ4n) is 0.325. The molecule has 11 heavy (non-hydrogen) atoms. The molecule has 0 rings (SSSR count). The normalized spacial score (nSPS) is 11.0. The number of hydrogen-bond acceptors (Lipinski definition) is 4. The minimum Gasteiger partial charge on any atom is -0.756 e. The monoisotopic (exact) mass is 177 g/mol. The van der Waals surface area contributed by atoms with Crippen LogP contribution in [0.3, 0.4) is 0 Å². The minimum absolute atomic E-state index is 0.0715. The molecule has 0 N–H and O–H groups in total. The summed E-state index contributed by atoms with van der Waals surface area (Å²) >= 11 is 0. The van der Waals surface area contributed by atoms with Crippen LogP contribution in [0.4, 0.5) is 0 Å². The zero-order valence-electron chi connectivity index (χ0n) is 6.06. The van der Waals surface area contributed by atoms with E-state index in [4.69, 9.17) is 0 Å². The van der Waals surface area contributed by atoms with Crippen LogP contribution < -0.4 is 4.89 Å². The lowest BCUT2D eigenvalue weighted by atomic mass is 10.7. The highest BCUT2D eigenvalue weighted by Gasteiger charge is 2.05. The van der Waals surface area contributed by atoms with Crippen LogP contribution in [0.15, 0.2) is 25.3 Å². The summed E-state index contributed by atoms with van der Waals surface area (Å²) < 4.78 is 19.2. The molecule has 0 aromatic rings. The van der Waals surface area contributed by atoms with Gasteiger partial charge in [0.15, 0.2) is 0 Å². The summed E-state index contributed by atoms with van der Waals surface area (Å²) in [6.07, 6.45) is 2.64. The summed E-state index contributed by atoms with van der Waals surface area (Å²) in [4.78, 5) is 10.6. The van der Waals surface area contributed by atoms with Gasteiger partial charge >= 0.3 is 0 Å². The Hall–Kier alpha value is -0.410. The minimum atomic E-state index is -4.12. The van der Waals surface area contributed by atoms with Crippen molar-refractivity contribution in [3.63, 3.8) is 0 Å². The Balaban J connectivity index is 3.69. The molecule has 5 heteroatoms. The van der Waals surface area contributed by atoms with E-state index in [-0.39, 0.29) is 13.2 Å². The van der Waals surface area contributed by atoms with E-state index >= 15 is 0 Å². The quantitative estimate of drug-likeness (QED) is 0.446. The van der Waals surface area contributed by atoms with E-state index in [1.54, 1.807) is 0 Å². The molecular formula is C6H10O4P-. The molecule has 0 bridgehead atoms. The number of hydrogen-bond donors (Lipinski definition) is 0. The van der Waals surface area contributed by atoms with Crippen LogP contribution in [0.2, 0.25) is 0 Å². The van der Waals surface area contributed by atoms with E-state index in [0.29, 0.717) is 0 Å². The first kappa shape index (κ1) is 10.6. The lowest BCUT2D eigenvalue weighted by molar-refractivity contribution is -0.223. The molecule has 0 fully saturated rings. The molecule has 0 spiro atoms. The molecule has 0 unspecified atom stereocenters. The van der Waals surface area contributed by atoms with Crippen LogP contribution in [0.25, 0.3) is 0 Å². The highest BCUT2D eigenvalue weighted by atomic mass is 31.2. The highest BCUT2D eigenvalue weighted by Crippen LogP contribution is 2.37. The van der Waals surface area contributed by atoms with Gasteiger partial charge in [-0.3, -0.25) is 4.57 Å². The Labute approximate surface area is 65.8 Å². The van der Waals surface area contributed by atoms with Crippen molar-refractivity contribution in [3.05, 3.63) is 25.3 Å². The summed E-state index contributed by atoms with van der Waals surface area (Å²) in [5, 5.41) is 0. The van der Waals surface area contributed by atoms with Crippen LogP contribution in [-0.4, -0.2) is 13.2 Å². The number of phosphoric acid groups is 1. The Morgan fingerprint density at radius 3 is 1.91 bits per heavy atom. The Bertz CT molecular complexity index is 161. The van der Waals surface area contributed by atoms with Crippen molar-refractivity contribution in [2.45, 2.75) is 0 Å². The lowest BCUT2D eigenvalue weighted by Gasteiger charge is -2.20. The van der Waals surface area contributed by atoms with Crippen molar-refractivity contribution in [2.75, 3.05) is 13.2 Å². The van der Waals surface area contributed by atoms with Crippen molar-refractivity contribution in [1.29, 1.82) is 0 Å². The molecule has 0 radical (unpaired) electrons. The summed E-state index contributed by atoms with van der Waals surface area (Å²) in [7, 11) is -4.12. The van der Waals surface area contributed by atoms with Crippen molar-refractivity contribution < 1.29 is 18.5 Å². The molecule has 0 heterocycles. The van der Waals surface area contributed by atoms with Gasteiger partial charge in [-0.15, -0.1) is 13.2 Å². The van der Waals surface area contributed by atoms with Crippen LogP contribution in [0, 0.1) is 0 Å². The van der Waals surface area contributed by atoms with E-state index < -0.39 is 7.82 Å². The maximum atomic E-state index is 10.6. The van der Waals surface area contributed by atoms with E-state index in [9.17, 15) is 9.46 Å². The second kappa shape index (κ2) is 5.27. The predicted octanol–water partition coefficient (Wildman–Crippen LogP) is 0.860. The average molecular weight is 177 g/mol. The van der Waals surface area contributed by atoms with Gasteiger partial charge in [0.1, 0.15) is 0 Å². The summed E-state index contributed by atoms with van der Waals surface area (Å²) in [6.45, 7) is 6.42. The highest BCUT2D eigenvalue weighted by molar-refractivity contribution is 7.45. The van der Waals surface area contributed by atoms with Crippen LogP contribution in [0.5, 0.6) is 0 Å². The zero-order chi connectivity index (χ0) is 8.74. The van der Waals surface area contributed by atoms with Gasteiger partial charge in [0.05, 0.1) is 13.2 Å². The molecule has 0 aliphatic heterocycles. The second-order valence-electron chi connectivity index (χ2n) is 1.62. The van der Waals surface area contributed by atoms with Gasteiger partial charge in [0, 0.05) is 0 Å². The lowest BCUT2D eigenvalue weighted by Crippen LogP contribution is -2.08. The molecule has 0 aromatic carbocycles. The molecule has 0 aliphatic rings. The molecule has 0 aliphatic carbocycles. The number of rotatable bonds is 6. The van der Waals surface area contributed by atoms with Gasteiger partial charge in [-0.2, -0.15) is 0 Å². The topological polar surface area (TPSA) is 58.6 Å². The fourth-order valence-corrected chi connectivity index (χ4v) is 0.976. The van der Waals surface area contributed by atoms with Gasteiger partial charge in [0.25, 0.3) is 7.82 Å². The summed E-state index contributed by atoms with van der Waals surface area (Å²) in [6, 6.07) is 0. The van der Waals surface area contributed by atoms with E-state index in [1.807, 2.05) is 0 Å². The average Bonchev–Trinajstić information content (AvgIpc) is 1.97. The van der Waals surface area contributed by atoms with Gasteiger partial charge in [-0.25, -0.2) is 0 Å². The van der Waals surface area contributed by atoms with Crippen LogP contribution >= 0.6 is 7.82 Å². The molecule has 0 aromatic heterocycles. The third-order valence-corrected chi connectivity index (χ3v) is 1.63. The molecule has 4 nitrogen and oxygen atoms in total. The van der Waals surface area contributed by atoms with Gasteiger partial charge in [-0.05, 0) is 0 Å². The third-order valence-electron chi connectivity index (χ3n) is 0.701. The Morgan fingerprint density at radius 2 is 1.64 bits per heavy atom. The zero-order valence-corrected chi connectivity index (χ0v) is 6.96. The van der Waals surface area contributed by atoms with Crippen molar-refractivity contribution in [2.24, 2.45) is 0 Å². The largest absolute Gasteiger partial charge is 0.756 e. The van der Waals surface area contributed by atoms with Crippen molar-refractivity contribution in [3.8, 4) is 0 Å². The summed E-state index contributed by atoms with van der Waals surface area (Å²) in [5.41, 5.74) is 0. The molecule has 64 valence electrons. The third kappa shape index (κ3) is 6.01. The smallest absolute Gasteiger partial charge is 0.268 e. The molecular weight excluding hydrogens is 167 g/mol. The maximum Gasteiger partial charge on any atom is 0.268 e. The van der Waals surface area contributed by atoms with Crippen molar-refractivity contribution in [1.82, 2.24) is 0 Å². The predicted molar refractivity (Wildman–Crippen MR) is 39.9 cm³/mol. The SMILES string of the molecule is C=CCOP(=O)([O-])OCC=C. The van der Waals surface area contributed by atoms with E-state index in [1.165, 1.54) is 12.2 Å². The van der Waals surface area contributed by atoms with Crippen LogP contribution in [-0.2, 0) is 13.6 Å². The Kier molecular flexibility index (Phi) is 5.07. The molecule has 0 saturated heterocycles. The van der Waals surface area contributed by atoms with E-state index in [2.05, 4.69) is 22.2 Å². The van der Waals surface area contributed by atoms with Crippen LogP contribution in [0.1, 0.15) is 0 Å². The number of phosphoric ester groups is 1. The van der Waals surface area contributed by atoms with E-state index in [0.717, 1.165) is 0 Å². The first-order valence-corrected chi connectivity index (χ1v) is 4.40. The summed E-state index contributed by atoms with van der Waals surface area (Å²) in [5.74, 6) is 0. The van der Waals surface area contributed by atoms with Gasteiger partial charge in [0.2, 0.25) is 0 Å². The standard InChI is InChI=1S/C6H11O4P/c1-3-5-9-11(7,8)10-6-4-2/h3-4H,1-2,5-6H2,(H,7,8)/p-1. The second-order valence-corrected chi connectivity index (χ2v) is 3.03. The molecule has 0 saturated carbocycles.